The van der Waals surface area contributed by atoms with E-state index in [9.17, 15) is 0 Å². The SMILES string of the molecule is Cc1nccc(CN2CCC(c3ccnc(-c4c(C)noc4C)c3)CC2)n1. The molecule has 6 nitrogen and oxygen atoms in total. The summed E-state index contributed by atoms with van der Waals surface area (Å²) in [6.07, 6.45) is 6.05. The van der Waals surface area contributed by atoms with Crippen LogP contribution in [0.4, 0.5) is 0 Å². The minimum Gasteiger partial charge on any atom is -0.361 e. The van der Waals surface area contributed by atoms with Crippen LogP contribution in [0.3, 0.4) is 0 Å². The highest BCUT2D eigenvalue weighted by Gasteiger charge is 2.22. The molecule has 0 aromatic carbocycles. The molecule has 1 saturated heterocycles. The van der Waals surface area contributed by atoms with Crippen molar-refractivity contribution in [2.45, 2.75) is 46.1 Å². The van der Waals surface area contributed by atoms with Gasteiger partial charge in [0.1, 0.15) is 11.6 Å². The minimum absolute atomic E-state index is 0.565. The van der Waals surface area contributed by atoms with Gasteiger partial charge in [0.2, 0.25) is 0 Å². The van der Waals surface area contributed by atoms with Crippen molar-refractivity contribution in [3.8, 4) is 11.3 Å². The first-order chi connectivity index (χ1) is 13.1. The van der Waals surface area contributed by atoms with Gasteiger partial charge in [0.05, 0.1) is 22.6 Å². The maximum absolute atomic E-state index is 5.31. The second-order valence-corrected chi connectivity index (χ2v) is 7.32. The summed E-state index contributed by atoms with van der Waals surface area (Å²) in [5, 5.41) is 4.06. The molecule has 0 atom stereocenters. The molecule has 1 aliphatic rings. The Morgan fingerprint density at radius 2 is 1.85 bits per heavy atom. The van der Waals surface area contributed by atoms with Gasteiger partial charge in [-0.05, 0) is 76.4 Å². The monoisotopic (exact) mass is 363 g/mol. The molecule has 3 aromatic rings. The summed E-state index contributed by atoms with van der Waals surface area (Å²) in [4.78, 5) is 15.7. The van der Waals surface area contributed by atoms with E-state index < -0.39 is 0 Å². The first kappa shape index (κ1) is 17.8. The average Bonchev–Trinajstić information content (AvgIpc) is 3.01. The summed E-state index contributed by atoms with van der Waals surface area (Å²) < 4.78 is 5.31. The van der Waals surface area contributed by atoms with E-state index >= 15 is 0 Å². The summed E-state index contributed by atoms with van der Waals surface area (Å²) in [6.45, 7) is 8.91. The standard InChI is InChI=1S/C21H25N5O/c1-14-21(15(2)27-25-14)20-12-18(4-8-23-20)17-6-10-26(11-7-17)13-19-5-9-22-16(3)24-19/h4-5,8-9,12,17H,6-7,10-11,13H2,1-3H3. The molecule has 0 unspecified atom stereocenters. The van der Waals surface area contributed by atoms with E-state index in [4.69, 9.17) is 4.52 Å². The molecule has 3 aromatic heterocycles. The van der Waals surface area contributed by atoms with Crippen LogP contribution < -0.4 is 0 Å². The Hall–Kier alpha value is -2.60. The molecule has 0 aliphatic carbocycles. The lowest BCUT2D eigenvalue weighted by Crippen LogP contribution is -2.32. The van der Waals surface area contributed by atoms with E-state index in [1.165, 1.54) is 5.56 Å². The molecule has 0 spiro atoms. The Morgan fingerprint density at radius 1 is 1.07 bits per heavy atom. The van der Waals surface area contributed by atoms with Crippen molar-refractivity contribution in [2.75, 3.05) is 13.1 Å². The van der Waals surface area contributed by atoms with Crippen LogP contribution in [-0.4, -0.2) is 38.1 Å². The predicted molar refractivity (Wildman–Crippen MR) is 103 cm³/mol. The van der Waals surface area contributed by atoms with Crippen LogP contribution in [0.2, 0.25) is 0 Å². The molecule has 27 heavy (non-hydrogen) atoms. The second-order valence-electron chi connectivity index (χ2n) is 7.32. The van der Waals surface area contributed by atoms with Crippen molar-refractivity contribution in [2.24, 2.45) is 0 Å². The summed E-state index contributed by atoms with van der Waals surface area (Å²) in [5.74, 6) is 2.23. The number of aromatic nitrogens is 4. The van der Waals surface area contributed by atoms with Crippen molar-refractivity contribution in [3.05, 3.63) is 59.1 Å². The van der Waals surface area contributed by atoms with Gasteiger partial charge in [0.25, 0.3) is 0 Å². The maximum Gasteiger partial charge on any atom is 0.143 e. The predicted octanol–water partition coefficient (Wildman–Crippen LogP) is 3.83. The fourth-order valence-electron chi connectivity index (χ4n) is 3.93. The molecule has 0 N–H and O–H groups in total. The molecule has 1 fully saturated rings. The fourth-order valence-corrected chi connectivity index (χ4v) is 3.93. The highest BCUT2D eigenvalue weighted by atomic mass is 16.5. The lowest BCUT2D eigenvalue weighted by atomic mass is 9.89. The number of hydrogen-bond donors (Lipinski definition) is 0. The van der Waals surface area contributed by atoms with Crippen molar-refractivity contribution in [1.29, 1.82) is 0 Å². The zero-order valence-corrected chi connectivity index (χ0v) is 16.1. The van der Waals surface area contributed by atoms with Crippen molar-refractivity contribution in [3.63, 3.8) is 0 Å². The van der Waals surface area contributed by atoms with Gasteiger partial charge in [-0.15, -0.1) is 0 Å². The van der Waals surface area contributed by atoms with E-state index in [2.05, 4.69) is 37.1 Å². The maximum atomic E-state index is 5.31. The molecular weight excluding hydrogens is 338 g/mol. The highest BCUT2D eigenvalue weighted by Crippen LogP contribution is 2.32. The largest absolute Gasteiger partial charge is 0.361 e. The third kappa shape index (κ3) is 3.90. The van der Waals surface area contributed by atoms with Crippen LogP contribution in [0.15, 0.2) is 35.1 Å². The van der Waals surface area contributed by atoms with Crippen LogP contribution in [0.5, 0.6) is 0 Å². The van der Waals surface area contributed by atoms with Crippen LogP contribution >= 0.6 is 0 Å². The number of hydrogen-bond acceptors (Lipinski definition) is 6. The van der Waals surface area contributed by atoms with Crippen molar-refractivity contribution < 1.29 is 4.52 Å². The van der Waals surface area contributed by atoms with Gasteiger partial charge >= 0.3 is 0 Å². The molecular formula is C21H25N5O. The first-order valence-corrected chi connectivity index (χ1v) is 9.50. The Labute approximate surface area is 159 Å². The number of pyridine rings is 1. The van der Waals surface area contributed by atoms with Crippen molar-refractivity contribution in [1.82, 2.24) is 25.0 Å². The number of rotatable bonds is 4. The number of nitrogens with zero attached hydrogens (tertiary/aromatic N) is 5. The van der Waals surface area contributed by atoms with Crippen LogP contribution in [0.1, 0.15) is 47.3 Å². The van der Waals surface area contributed by atoms with Gasteiger partial charge in [-0.25, -0.2) is 9.97 Å². The summed E-state index contributed by atoms with van der Waals surface area (Å²) >= 11 is 0. The van der Waals surface area contributed by atoms with Gasteiger partial charge in [0.15, 0.2) is 0 Å². The van der Waals surface area contributed by atoms with Gasteiger partial charge in [-0.3, -0.25) is 9.88 Å². The van der Waals surface area contributed by atoms with Crippen LogP contribution in [0.25, 0.3) is 11.3 Å². The highest BCUT2D eigenvalue weighted by molar-refractivity contribution is 5.64. The molecule has 0 saturated carbocycles. The third-order valence-corrected chi connectivity index (χ3v) is 5.35. The quantitative estimate of drug-likeness (QED) is 0.702. The molecule has 0 radical (unpaired) electrons. The van der Waals surface area contributed by atoms with Gasteiger partial charge < -0.3 is 4.52 Å². The average molecular weight is 363 g/mol. The number of aryl methyl sites for hydroxylation is 3. The van der Waals surface area contributed by atoms with E-state index in [0.29, 0.717) is 5.92 Å². The van der Waals surface area contributed by atoms with E-state index in [1.54, 1.807) is 0 Å². The van der Waals surface area contributed by atoms with Gasteiger partial charge in [0, 0.05) is 18.9 Å². The molecule has 1 aliphatic heterocycles. The lowest BCUT2D eigenvalue weighted by molar-refractivity contribution is 0.202. The van der Waals surface area contributed by atoms with E-state index in [1.807, 2.05) is 39.2 Å². The summed E-state index contributed by atoms with van der Waals surface area (Å²) in [7, 11) is 0. The van der Waals surface area contributed by atoms with E-state index in [-0.39, 0.29) is 0 Å². The zero-order valence-electron chi connectivity index (χ0n) is 16.1. The van der Waals surface area contributed by atoms with Gasteiger partial charge in [-0.2, -0.15) is 0 Å². The smallest absolute Gasteiger partial charge is 0.143 e. The second kappa shape index (κ2) is 7.56. The normalized spacial score (nSPS) is 16.0. The minimum atomic E-state index is 0.565. The number of piperidine rings is 1. The molecule has 0 amide bonds. The van der Waals surface area contributed by atoms with Gasteiger partial charge in [-0.1, -0.05) is 5.16 Å². The third-order valence-electron chi connectivity index (χ3n) is 5.35. The van der Waals surface area contributed by atoms with E-state index in [0.717, 1.165) is 66.7 Å². The molecule has 4 rings (SSSR count). The first-order valence-electron chi connectivity index (χ1n) is 9.50. The zero-order chi connectivity index (χ0) is 18.8. The summed E-state index contributed by atoms with van der Waals surface area (Å²) in [6, 6.07) is 6.37. The number of likely N-dealkylation sites (tertiary alicyclic amines) is 1. The topological polar surface area (TPSA) is 67.9 Å². The van der Waals surface area contributed by atoms with Crippen molar-refractivity contribution >= 4 is 0 Å². The fraction of sp³-hybridized carbons (Fsp3) is 0.429. The van der Waals surface area contributed by atoms with Crippen LogP contribution in [-0.2, 0) is 6.54 Å². The summed E-state index contributed by atoms with van der Waals surface area (Å²) in [5.41, 5.74) is 5.34. The van der Waals surface area contributed by atoms with Crippen LogP contribution in [0, 0.1) is 20.8 Å². The Balaban J connectivity index is 1.43. The molecule has 0 bridgehead atoms. The molecule has 4 heterocycles. The molecule has 140 valence electrons. The molecule has 6 heteroatoms. The Bertz CT molecular complexity index is 908. The lowest BCUT2D eigenvalue weighted by Gasteiger charge is -2.32. The Kier molecular flexibility index (Phi) is 4.99. The Morgan fingerprint density at radius 3 is 2.56 bits per heavy atom.